The molecule has 0 unspecified atom stereocenters. The Morgan fingerprint density at radius 3 is 2.48 bits per heavy atom. The molecular weight excluding hydrogens is 404 g/mol. The normalized spacial score (nSPS) is 16.8. The van der Waals surface area contributed by atoms with E-state index in [0.29, 0.717) is 22.8 Å². The first-order valence-corrected chi connectivity index (χ1v) is 9.11. The van der Waals surface area contributed by atoms with Gasteiger partial charge < -0.3 is 10.1 Å². The lowest BCUT2D eigenvalue weighted by molar-refractivity contribution is -0.125. The maximum atomic E-state index is 12.4. The number of alkyl carbamates (subject to hydrolysis) is 1. The van der Waals surface area contributed by atoms with Gasteiger partial charge in [-0.3, -0.25) is 4.98 Å². The van der Waals surface area contributed by atoms with Crippen LogP contribution in [0.5, 0.6) is 0 Å². The van der Waals surface area contributed by atoms with E-state index < -0.39 is 24.3 Å². The minimum Gasteiger partial charge on any atom is -0.444 e. The van der Waals surface area contributed by atoms with Crippen molar-refractivity contribution in [2.75, 3.05) is 6.54 Å². The summed E-state index contributed by atoms with van der Waals surface area (Å²) in [4.78, 5) is 16.1. The number of hydrogen-bond acceptors (Lipinski definition) is 3. The number of carbonyl (C=O) groups excluding carboxylic acids is 1. The summed E-state index contributed by atoms with van der Waals surface area (Å²) in [6.07, 6.45) is -1.92. The number of carbonyl (C=O) groups is 1. The molecule has 0 atom stereocenters. The number of alkyl halides is 3. The molecule has 1 N–H and O–H groups in total. The molecule has 0 spiro atoms. The van der Waals surface area contributed by atoms with Gasteiger partial charge in [0.1, 0.15) is 5.60 Å². The molecule has 9 heteroatoms. The predicted molar refractivity (Wildman–Crippen MR) is 98.9 cm³/mol. The molecule has 1 aromatic rings. The van der Waals surface area contributed by atoms with Gasteiger partial charge >= 0.3 is 12.3 Å². The van der Waals surface area contributed by atoms with Gasteiger partial charge in [0.2, 0.25) is 0 Å². The largest absolute Gasteiger partial charge is 0.444 e. The number of rotatable bonds is 5. The Bertz CT molecular complexity index is 739. The Balaban J connectivity index is 2.07. The fourth-order valence-corrected chi connectivity index (χ4v) is 3.20. The molecule has 0 aromatic carbocycles. The molecular formula is C18H21Cl2F3N2O2. The molecule has 1 aliphatic rings. The summed E-state index contributed by atoms with van der Waals surface area (Å²) >= 11 is 11.9. The topological polar surface area (TPSA) is 51.2 Å². The van der Waals surface area contributed by atoms with E-state index in [-0.39, 0.29) is 10.4 Å². The average Bonchev–Trinajstić information content (AvgIpc) is 3.22. The molecule has 1 aliphatic carbocycles. The molecule has 1 heterocycles. The molecule has 1 aromatic heterocycles. The van der Waals surface area contributed by atoms with E-state index in [0.717, 1.165) is 12.8 Å². The SMILES string of the molecule is CC(C)(C)OC(=O)NCC1(c2ncc(/C=C(/Cl)CC(F)(F)F)cc2Cl)CC1. The van der Waals surface area contributed by atoms with Crippen LogP contribution in [-0.2, 0) is 10.2 Å². The van der Waals surface area contributed by atoms with Crippen LogP contribution in [0.2, 0.25) is 5.02 Å². The number of allylic oxidation sites excluding steroid dienone is 1. The fourth-order valence-electron chi connectivity index (χ4n) is 2.55. The summed E-state index contributed by atoms with van der Waals surface area (Å²) in [5.74, 6) is 0. The monoisotopic (exact) mass is 424 g/mol. The standard InChI is InChI=1S/C18H21Cl2F3N2O2/c1-16(2,3)27-15(26)25-10-17(4-5-17)14-13(20)7-11(9-24-14)6-12(19)8-18(21,22)23/h6-7,9H,4-5,8,10H2,1-3H3,(H,25,26)/b12-6+. The Kier molecular flexibility index (Phi) is 6.37. The second-order valence-electron chi connectivity index (χ2n) is 7.62. The molecule has 1 amide bonds. The van der Waals surface area contributed by atoms with Crippen LogP contribution >= 0.6 is 23.2 Å². The molecule has 0 radical (unpaired) electrons. The maximum absolute atomic E-state index is 12.4. The summed E-state index contributed by atoms with van der Waals surface area (Å²) in [5, 5.41) is 2.70. The summed E-state index contributed by atoms with van der Waals surface area (Å²) < 4.78 is 42.3. The van der Waals surface area contributed by atoms with Gasteiger partial charge in [-0.05, 0) is 51.3 Å². The molecule has 2 rings (SSSR count). The van der Waals surface area contributed by atoms with Gasteiger partial charge in [0.25, 0.3) is 0 Å². The molecule has 27 heavy (non-hydrogen) atoms. The summed E-state index contributed by atoms with van der Waals surface area (Å²) in [5.41, 5.74) is 0.00466. The van der Waals surface area contributed by atoms with Crippen molar-refractivity contribution in [3.05, 3.63) is 33.6 Å². The van der Waals surface area contributed by atoms with Gasteiger partial charge in [0, 0.05) is 23.2 Å². The number of aromatic nitrogens is 1. The lowest BCUT2D eigenvalue weighted by Crippen LogP contribution is -2.37. The van der Waals surface area contributed by atoms with Crippen molar-refractivity contribution in [2.45, 2.75) is 57.2 Å². The first-order valence-electron chi connectivity index (χ1n) is 8.35. The van der Waals surface area contributed by atoms with Crippen LogP contribution in [0.1, 0.15) is 51.3 Å². The van der Waals surface area contributed by atoms with Crippen molar-refractivity contribution in [3.63, 3.8) is 0 Å². The number of hydrogen-bond donors (Lipinski definition) is 1. The van der Waals surface area contributed by atoms with Crippen LogP contribution in [0.25, 0.3) is 6.08 Å². The van der Waals surface area contributed by atoms with E-state index >= 15 is 0 Å². The molecule has 150 valence electrons. The zero-order valence-corrected chi connectivity index (χ0v) is 16.7. The van der Waals surface area contributed by atoms with Crippen molar-refractivity contribution < 1.29 is 22.7 Å². The second kappa shape index (κ2) is 7.87. The highest BCUT2D eigenvalue weighted by atomic mass is 35.5. The summed E-state index contributed by atoms with van der Waals surface area (Å²) in [7, 11) is 0. The van der Waals surface area contributed by atoms with Crippen LogP contribution in [0.4, 0.5) is 18.0 Å². The number of nitrogens with one attached hydrogen (secondary N) is 1. The van der Waals surface area contributed by atoms with Gasteiger partial charge in [0.05, 0.1) is 17.1 Å². The van der Waals surface area contributed by atoms with E-state index in [2.05, 4.69) is 10.3 Å². The van der Waals surface area contributed by atoms with Gasteiger partial charge in [0.15, 0.2) is 0 Å². The predicted octanol–water partition coefficient (Wildman–Crippen LogP) is 5.82. The Labute approximate surface area is 166 Å². The van der Waals surface area contributed by atoms with Crippen LogP contribution in [0.3, 0.4) is 0 Å². The van der Waals surface area contributed by atoms with Crippen LogP contribution in [0.15, 0.2) is 17.3 Å². The zero-order chi connectivity index (χ0) is 20.5. The Morgan fingerprint density at radius 2 is 2.00 bits per heavy atom. The number of halogens is 5. The van der Waals surface area contributed by atoms with Gasteiger partial charge in [-0.25, -0.2) is 4.79 Å². The van der Waals surface area contributed by atoms with E-state index in [4.69, 9.17) is 27.9 Å². The quantitative estimate of drug-likeness (QED) is 0.647. The third-order valence-electron chi connectivity index (χ3n) is 3.88. The number of amides is 1. The van der Waals surface area contributed by atoms with Crippen molar-refractivity contribution in [1.82, 2.24) is 10.3 Å². The smallest absolute Gasteiger partial charge is 0.407 e. The molecule has 1 saturated carbocycles. The Hall–Kier alpha value is -1.47. The Morgan fingerprint density at radius 1 is 1.37 bits per heavy atom. The average molecular weight is 425 g/mol. The highest BCUT2D eigenvalue weighted by Crippen LogP contribution is 2.49. The van der Waals surface area contributed by atoms with Crippen molar-refractivity contribution in [2.24, 2.45) is 0 Å². The maximum Gasteiger partial charge on any atom is 0.407 e. The summed E-state index contributed by atoms with van der Waals surface area (Å²) in [6.45, 7) is 5.63. The van der Waals surface area contributed by atoms with Crippen molar-refractivity contribution in [3.8, 4) is 0 Å². The second-order valence-corrected chi connectivity index (χ2v) is 8.51. The number of ether oxygens (including phenoxy) is 1. The molecule has 0 bridgehead atoms. The van der Waals surface area contributed by atoms with E-state index in [1.165, 1.54) is 18.3 Å². The van der Waals surface area contributed by atoms with E-state index in [1.807, 2.05) is 0 Å². The lowest BCUT2D eigenvalue weighted by Gasteiger charge is -2.22. The van der Waals surface area contributed by atoms with E-state index in [1.54, 1.807) is 20.8 Å². The van der Waals surface area contributed by atoms with Gasteiger partial charge in [-0.15, -0.1) is 0 Å². The number of nitrogens with zero attached hydrogens (tertiary/aromatic N) is 1. The third-order valence-corrected chi connectivity index (χ3v) is 4.41. The molecule has 0 saturated heterocycles. The summed E-state index contributed by atoms with van der Waals surface area (Å²) in [6, 6.07) is 1.52. The number of pyridine rings is 1. The first-order chi connectivity index (χ1) is 12.3. The van der Waals surface area contributed by atoms with Crippen LogP contribution in [0, 0.1) is 0 Å². The minimum atomic E-state index is -4.38. The van der Waals surface area contributed by atoms with Crippen LogP contribution < -0.4 is 5.32 Å². The highest BCUT2D eigenvalue weighted by molar-refractivity contribution is 6.32. The molecule has 0 aliphatic heterocycles. The van der Waals surface area contributed by atoms with Crippen molar-refractivity contribution in [1.29, 1.82) is 0 Å². The fraction of sp³-hybridized carbons (Fsp3) is 0.556. The zero-order valence-electron chi connectivity index (χ0n) is 15.2. The van der Waals surface area contributed by atoms with Gasteiger partial charge in [-0.2, -0.15) is 13.2 Å². The van der Waals surface area contributed by atoms with E-state index in [9.17, 15) is 18.0 Å². The highest BCUT2D eigenvalue weighted by Gasteiger charge is 2.47. The third kappa shape index (κ3) is 6.88. The lowest BCUT2D eigenvalue weighted by atomic mass is 10.0. The minimum absolute atomic E-state index is 0.318. The van der Waals surface area contributed by atoms with Crippen molar-refractivity contribution >= 4 is 35.4 Å². The van der Waals surface area contributed by atoms with Gasteiger partial charge in [-0.1, -0.05) is 23.2 Å². The first kappa shape index (κ1) is 21.8. The van der Waals surface area contributed by atoms with Crippen LogP contribution in [-0.4, -0.2) is 29.4 Å². The molecule has 1 fully saturated rings. The molecule has 4 nitrogen and oxygen atoms in total.